The highest BCUT2D eigenvalue weighted by molar-refractivity contribution is 9.10. The molecule has 1 N–H and O–H groups in total. The van der Waals surface area contributed by atoms with Crippen LogP contribution >= 0.6 is 27.5 Å². The van der Waals surface area contributed by atoms with Crippen LogP contribution in [-0.2, 0) is 9.59 Å². The first-order valence-corrected chi connectivity index (χ1v) is 7.84. The smallest absolute Gasteiger partial charge is 0.230 e. The number of carbonyl (C=O) groups excluding carboxylic acids is 2. The van der Waals surface area contributed by atoms with E-state index >= 15 is 0 Å². The first-order chi connectivity index (χ1) is 9.38. The van der Waals surface area contributed by atoms with E-state index in [1.165, 1.54) is 0 Å². The van der Waals surface area contributed by atoms with Gasteiger partial charge in [-0.25, -0.2) is 0 Å². The molecule has 1 aromatic rings. The fourth-order valence-corrected chi connectivity index (χ4v) is 3.35. The van der Waals surface area contributed by atoms with Crippen molar-refractivity contribution in [2.75, 3.05) is 0 Å². The third-order valence-corrected chi connectivity index (χ3v) is 4.41. The van der Waals surface area contributed by atoms with E-state index in [1.807, 2.05) is 12.1 Å². The van der Waals surface area contributed by atoms with Crippen molar-refractivity contribution in [3.63, 3.8) is 0 Å². The molecule has 0 saturated carbocycles. The van der Waals surface area contributed by atoms with Gasteiger partial charge in [-0.05, 0) is 36.1 Å². The van der Waals surface area contributed by atoms with Crippen molar-refractivity contribution < 1.29 is 9.59 Å². The van der Waals surface area contributed by atoms with Crippen molar-refractivity contribution in [1.82, 2.24) is 5.32 Å². The molecule has 1 aliphatic rings. The summed E-state index contributed by atoms with van der Waals surface area (Å²) in [5.41, 5.74) is 0.870. The fourth-order valence-electron chi connectivity index (χ4n) is 2.71. The fraction of sp³-hybridized carbons (Fsp3) is 0.467. The number of rotatable bonds is 3. The number of imide groups is 1. The second-order valence-electron chi connectivity index (χ2n) is 5.62. The normalized spacial score (nSPS) is 23.1. The largest absolute Gasteiger partial charge is 0.296 e. The first kappa shape index (κ1) is 15.5. The summed E-state index contributed by atoms with van der Waals surface area (Å²) < 4.78 is 0.902. The van der Waals surface area contributed by atoms with Crippen LogP contribution in [0.3, 0.4) is 0 Å². The van der Waals surface area contributed by atoms with Crippen LogP contribution in [0.2, 0.25) is 5.02 Å². The maximum absolute atomic E-state index is 12.1. The molecule has 3 nitrogen and oxygen atoms in total. The summed E-state index contributed by atoms with van der Waals surface area (Å²) in [6.07, 6.45) is 1.05. The summed E-state index contributed by atoms with van der Waals surface area (Å²) in [4.78, 5) is 23.8. The number of nitrogens with one attached hydrogen (secondary N) is 1. The van der Waals surface area contributed by atoms with Gasteiger partial charge in [0.25, 0.3) is 0 Å². The summed E-state index contributed by atoms with van der Waals surface area (Å²) in [6, 6.07) is 5.56. The van der Waals surface area contributed by atoms with Crippen molar-refractivity contribution >= 4 is 39.3 Å². The molecule has 1 fully saturated rings. The molecule has 5 heteroatoms. The quantitative estimate of drug-likeness (QED) is 0.833. The first-order valence-electron chi connectivity index (χ1n) is 6.67. The van der Waals surface area contributed by atoms with Crippen LogP contribution in [-0.4, -0.2) is 11.8 Å². The Hall–Kier alpha value is -0.870. The Labute approximate surface area is 132 Å². The van der Waals surface area contributed by atoms with Crippen LogP contribution in [0, 0.1) is 11.8 Å². The molecule has 108 valence electrons. The van der Waals surface area contributed by atoms with E-state index in [1.54, 1.807) is 6.07 Å². The Morgan fingerprint density at radius 3 is 2.75 bits per heavy atom. The van der Waals surface area contributed by atoms with E-state index in [0.717, 1.165) is 16.5 Å². The minimum atomic E-state index is -0.226. The molecule has 0 spiro atoms. The van der Waals surface area contributed by atoms with E-state index in [-0.39, 0.29) is 23.7 Å². The molecule has 2 rings (SSSR count). The van der Waals surface area contributed by atoms with Gasteiger partial charge in [-0.1, -0.05) is 41.4 Å². The monoisotopic (exact) mass is 357 g/mol. The molecule has 20 heavy (non-hydrogen) atoms. The van der Waals surface area contributed by atoms with Crippen LogP contribution < -0.4 is 5.32 Å². The summed E-state index contributed by atoms with van der Waals surface area (Å²) in [5.74, 6) is -0.387. The predicted molar refractivity (Wildman–Crippen MR) is 82.6 cm³/mol. The second kappa shape index (κ2) is 6.27. The Balaban J connectivity index is 2.40. The zero-order valence-corrected chi connectivity index (χ0v) is 13.8. The number of benzene rings is 1. The van der Waals surface area contributed by atoms with Gasteiger partial charge in [-0.15, -0.1) is 0 Å². The Morgan fingerprint density at radius 2 is 2.10 bits per heavy atom. The van der Waals surface area contributed by atoms with Crippen molar-refractivity contribution in [1.29, 1.82) is 0 Å². The number of hydrogen-bond donors (Lipinski definition) is 1. The van der Waals surface area contributed by atoms with Crippen LogP contribution in [0.25, 0.3) is 0 Å². The lowest BCUT2D eigenvalue weighted by molar-refractivity contribution is -0.137. The SMILES string of the molecule is CC(C)CC1C(=O)NC(=O)CC1c1cc(Br)ccc1Cl. The van der Waals surface area contributed by atoms with E-state index in [0.29, 0.717) is 17.4 Å². The number of amides is 2. The molecule has 2 unspecified atom stereocenters. The average Bonchev–Trinajstić information content (AvgIpc) is 2.35. The maximum atomic E-state index is 12.1. The standard InChI is InChI=1S/C15H17BrClNO2/c1-8(2)5-12-10(7-14(19)18-15(12)20)11-6-9(16)3-4-13(11)17/h3-4,6,8,10,12H,5,7H2,1-2H3,(H,18,19,20). The van der Waals surface area contributed by atoms with Gasteiger partial charge in [0.1, 0.15) is 0 Å². The second-order valence-corrected chi connectivity index (χ2v) is 6.95. The summed E-state index contributed by atoms with van der Waals surface area (Å²) in [6.45, 7) is 4.15. The van der Waals surface area contributed by atoms with E-state index in [9.17, 15) is 9.59 Å². The summed E-state index contributed by atoms with van der Waals surface area (Å²) >= 11 is 9.68. The molecular weight excluding hydrogens is 342 g/mol. The number of halogens is 2. The minimum Gasteiger partial charge on any atom is -0.296 e. The highest BCUT2D eigenvalue weighted by atomic mass is 79.9. The van der Waals surface area contributed by atoms with E-state index in [2.05, 4.69) is 35.1 Å². The van der Waals surface area contributed by atoms with Gasteiger partial charge in [0.05, 0.1) is 0 Å². The molecule has 1 aliphatic heterocycles. The van der Waals surface area contributed by atoms with E-state index in [4.69, 9.17) is 11.6 Å². The zero-order chi connectivity index (χ0) is 14.9. The molecular formula is C15H17BrClNO2. The van der Waals surface area contributed by atoms with Gasteiger partial charge in [0.2, 0.25) is 11.8 Å². The minimum absolute atomic E-state index is 0.149. The third kappa shape index (κ3) is 3.41. The van der Waals surface area contributed by atoms with Crippen LogP contribution in [0.15, 0.2) is 22.7 Å². The van der Waals surface area contributed by atoms with Crippen LogP contribution in [0.4, 0.5) is 0 Å². The molecule has 0 aliphatic carbocycles. The predicted octanol–water partition coefficient (Wildman–Crippen LogP) is 3.89. The Kier molecular flexibility index (Phi) is 4.86. The summed E-state index contributed by atoms with van der Waals surface area (Å²) in [5, 5.41) is 3.04. The van der Waals surface area contributed by atoms with Crippen molar-refractivity contribution in [2.24, 2.45) is 11.8 Å². The molecule has 2 atom stereocenters. The molecule has 1 saturated heterocycles. The van der Waals surface area contributed by atoms with Crippen LogP contribution in [0.1, 0.15) is 38.2 Å². The van der Waals surface area contributed by atoms with Gasteiger partial charge < -0.3 is 0 Å². The molecule has 1 heterocycles. The molecule has 0 aromatic heterocycles. The van der Waals surface area contributed by atoms with Gasteiger partial charge in [0, 0.05) is 27.8 Å². The number of hydrogen-bond acceptors (Lipinski definition) is 2. The zero-order valence-electron chi connectivity index (χ0n) is 11.5. The lowest BCUT2D eigenvalue weighted by atomic mass is 9.76. The highest BCUT2D eigenvalue weighted by Crippen LogP contribution is 2.39. The van der Waals surface area contributed by atoms with Crippen molar-refractivity contribution in [3.8, 4) is 0 Å². The summed E-state index contributed by atoms with van der Waals surface area (Å²) in [7, 11) is 0. The Morgan fingerprint density at radius 1 is 1.40 bits per heavy atom. The van der Waals surface area contributed by atoms with Crippen LogP contribution in [0.5, 0.6) is 0 Å². The van der Waals surface area contributed by atoms with Gasteiger partial charge in [-0.3, -0.25) is 14.9 Å². The Bertz CT molecular complexity index is 545. The lowest BCUT2D eigenvalue weighted by Crippen LogP contribution is -2.45. The van der Waals surface area contributed by atoms with Gasteiger partial charge >= 0.3 is 0 Å². The maximum Gasteiger partial charge on any atom is 0.230 e. The highest BCUT2D eigenvalue weighted by Gasteiger charge is 2.37. The van der Waals surface area contributed by atoms with Crippen molar-refractivity contribution in [2.45, 2.75) is 32.6 Å². The average molecular weight is 359 g/mol. The van der Waals surface area contributed by atoms with E-state index < -0.39 is 0 Å². The number of piperidine rings is 1. The molecule has 2 amide bonds. The van der Waals surface area contributed by atoms with Crippen molar-refractivity contribution in [3.05, 3.63) is 33.3 Å². The number of carbonyl (C=O) groups is 2. The third-order valence-electron chi connectivity index (χ3n) is 3.57. The lowest BCUT2D eigenvalue weighted by Gasteiger charge is -2.32. The topological polar surface area (TPSA) is 46.2 Å². The molecule has 1 aromatic carbocycles. The van der Waals surface area contributed by atoms with Gasteiger partial charge in [0.15, 0.2) is 0 Å². The molecule has 0 radical (unpaired) electrons. The van der Waals surface area contributed by atoms with Gasteiger partial charge in [-0.2, -0.15) is 0 Å². The molecule has 0 bridgehead atoms.